The van der Waals surface area contributed by atoms with Crippen LogP contribution in [0.15, 0.2) is 18.2 Å². The van der Waals surface area contributed by atoms with Gasteiger partial charge in [0.1, 0.15) is 5.82 Å². The summed E-state index contributed by atoms with van der Waals surface area (Å²) in [4.78, 5) is 11.8. The summed E-state index contributed by atoms with van der Waals surface area (Å²) in [5.41, 5.74) is 0.756. The van der Waals surface area contributed by atoms with E-state index >= 15 is 0 Å². The van der Waals surface area contributed by atoms with Gasteiger partial charge < -0.3 is 5.32 Å². The lowest BCUT2D eigenvalue weighted by molar-refractivity contribution is 0.0934. The van der Waals surface area contributed by atoms with E-state index in [4.69, 9.17) is 0 Å². The Morgan fingerprint density at radius 3 is 2.89 bits per heavy atom. The Hall–Kier alpha value is -2.31. The number of carbonyl (C=O) groups is 1. The molecular formula is C11H12FN5O. The lowest BCUT2D eigenvalue weighted by Gasteiger charge is -2.10. The zero-order chi connectivity index (χ0) is 13.1. The zero-order valence-electron chi connectivity index (χ0n) is 9.94. The first-order valence-corrected chi connectivity index (χ1v) is 5.38. The predicted octanol–water partition coefficient (Wildman–Crippen LogP) is 1.14. The van der Waals surface area contributed by atoms with Gasteiger partial charge in [0.15, 0.2) is 5.82 Å². The summed E-state index contributed by atoms with van der Waals surface area (Å²) >= 11 is 0. The Kier molecular flexibility index (Phi) is 3.31. The molecule has 2 N–H and O–H groups in total. The number of carbonyl (C=O) groups excluding carboxylic acids is 1. The molecule has 6 nitrogen and oxygen atoms in total. The van der Waals surface area contributed by atoms with Crippen molar-refractivity contribution in [2.45, 2.75) is 19.9 Å². The summed E-state index contributed by atoms with van der Waals surface area (Å²) in [5, 5.41) is 15.8. The van der Waals surface area contributed by atoms with Crippen molar-refractivity contribution in [1.29, 1.82) is 0 Å². The molecule has 0 saturated carbocycles. The molecule has 0 bridgehead atoms. The number of nitrogens with one attached hydrogen (secondary N) is 2. The number of nitrogens with zero attached hydrogens (tertiary/aromatic N) is 3. The molecule has 1 aromatic heterocycles. The van der Waals surface area contributed by atoms with Crippen LogP contribution in [0.5, 0.6) is 0 Å². The summed E-state index contributed by atoms with van der Waals surface area (Å²) < 4.78 is 13.6. The second-order valence-electron chi connectivity index (χ2n) is 3.95. The molecule has 1 heterocycles. The minimum atomic E-state index is -0.548. The molecule has 1 amide bonds. The van der Waals surface area contributed by atoms with Crippen molar-refractivity contribution in [2.75, 3.05) is 0 Å². The number of aryl methyl sites for hydroxylation is 1. The highest BCUT2D eigenvalue weighted by Gasteiger charge is 2.17. The van der Waals surface area contributed by atoms with Gasteiger partial charge in [-0.25, -0.2) is 4.39 Å². The van der Waals surface area contributed by atoms with E-state index in [9.17, 15) is 9.18 Å². The average Bonchev–Trinajstić information content (AvgIpc) is 2.81. The number of amides is 1. The van der Waals surface area contributed by atoms with Gasteiger partial charge in [0.25, 0.3) is 5.91 Å². The molecule has 2 rings (SSSR count). The number of rotatable bonds is 3. The SMILES string of the molecule is Cc1ccc(C(=O)NC(C)c2nn[nH]n2)c(F)c1. The van der Waals surface area contributed by atoms with Gasteiger partial charge in [0.05, 0.1) is 11.6 Å². The van der Waals surface area contributed by atoms with Crippen LogP contribution in [-0.4, -0.2) is 26.5 Å². The first-order chi connectivity index (χ1) is 8.58. The second-order valence-corrected chi connectivity index (χ2v) is 3.95. The lowest BCUT2D eigenvalue weighted by atomic mass is 10.1. The first kappa shape index (κ1) is 12.2. The largest absolute Gasteiger partial charge is 0.342 e. The molecule has 18 heavy (non-hydrogen) atoms. The van der Waals surface area contributed by atoms with Gasteiger partial charge in [-0.1, -0.05) is 11.3 Å². The van der Waals surface area contributed by atoms with Crippen LogP contribution in [0.3, 0.4) is 0 Å². The maximum Gasteiger partial charge on any atom is 0.254 e. The van der Waals surface area contributed by atoms with E-state index in [0.717, 1.165) is 5.56 Å². The summed E-state index contributed by atoms with van der Waals surface area (Å²) in [6.45, 7) is 3.45. The highest BCUT2D eigenvalue weighted by Crippen LogP contribution is 2.12. The molecule has 2 aromatic rings. The molecule has 1 aromatic carbocycles. The Labute approximate surface area is 103 Å². The predicted molar refractivity (Wildman–Crippen MR) is 61.2 cm³/mol. The molecule has 0 aliphatic carbocycles. The Bertz CT molecular complexity index is 555. The Balaban J connectivity index is 2.12. The average molecular weight is 249 g/mol. The van der Waals surface area contributed by atoms with Gasteiger partial charge in [-0.05, 0) is 31.5 Å². The van der Waals surface area contributed by atoms with Crippen molar-refractivity contribution in [2.24, 2.45) is 0 Å². The van der Waals surface area contributed by atoms with E-state index < -0.39 is 17.8 Å². The smallest absolute Gasteiger partial charge is 0.254 e. The fraction of sp³-hybridized carbons (Fsp3) is 0.273. The van der Waals surface area contributed by atoms with Gasteiger partial charge in [-0.3, -0.25) is 4.79 Å². The van der Waals surface area contributed by atoms with Crippen molar-refractivity contribution in [3.05, 3.63) is 41.0 Å². The second kappa shape index (κ2) is 4.91. The van der Waals surface area contributed by atoms with Gasteiger partial charge in [0.2, 0.25) is 0 Å². The molecule has 94 valence electrons. The molecule has 0 fully saturated rings. The maximum absolute atomic E-state index is 13.6. The number of hydrogen-bond acceptors (Lipinski definition) is 4. The molecule has 0 radical (unpaired) electrons. The molecular weight excluding hydrogens is 237 g/mol. The van der Waals surface area contributed by atoms with Gasteiger partial charge in [0, 0.05) is 0 Å². The van der Waals surface area contributed by atoms with E-state index in [1.165, 1.54) is 12.1 Å². The van der Waals surface area contributed by atoms with Gasteiger partial charge in [-0.2, -0.15) is 5.21 Å². The van der Waals surface area contributed by atoms with E-state index in [1.54, 1.807) is 19.9 Å². The summed E-state index contributed by atoms with van der Waals surface area (Å²) in [6.07, 6.45) is 0. The van der Waals surface area contributed by atoms with Gasteiger partial charge >= 0.3 is 0 Å². The fourth-order valence-electron chi connectivity index (χ4n) is 1.50. The number of tetrazole rings is 1. The summed E-state index contributed by atoms with van der Waals surface area (Å²) in [7, 11) is 0. The van der Waals surface area contributed by atoms with Crippen molar-refractivity contribution in [3.63, 3.8) is 0 Å². The number of H-pyrrole nitrogens is 1. The number of aromatic amines is 1. The molecule has 0 aliphatic heterocycles. The lowest BCUT2D eigenvalue weighted by Crippen LogP contribution is -2.28. The monoisotopic (exact) mass is 249 g/mol. The maximum atomic E-state index is 13.6. The van der Waals surface area contributed by atoms with E-state index in [0.29, 0.717) is 5.82 Å². The van der Waals surface area contributed by atoms with Crippen LogP contribution in [0.2, 0.25) is 0 Å². The van der Waals surface area contributed by atoms with Crippen molar-refractivity contribution in [3.8, 4) is 0 Å². The zero-order valence-corrected chi connectivity index (χ0v) is 9.94. The van der Waals surface area contributed by atoms with Crippen LogP contribution in [0.1, 0.15) is 34.7 Å². The van der Waals surface area contributed by atoms with Crippen molar-refractivity contribution in [1.82, 2.24) is 25.9 Å². The van der Waals surface area contributed by atoms with Crippen LogP contribution >= 0.6 is 0 Å². The van der Waals surface area contributed by atoms with Crippen molar-refractivity contribution < 1.29 is 9.18 Å². The van der Waals surface area contributed by atoms with E-state index in [-0.39, 0.29) is 5.56 Å². The van der Waals surface area contributed by atoms with Crippen LogP contribution in [-0.2, 0) is 0 Å². The van der Waals surface area contributed by atoms with Crippen LogP contribution in [0.4, 0.5) is 4.39 Å². The Morgan fingerprint density at radius 1 is 1.50 bits per heavy atom. The fourth-order valence-corrected chi connectivity index (χ4v) is 1.50. The molecule has 1 atom stereocenters. The number of aromatic nitrogens is 4. The standard InChI is InChI=1S/C11H12FN5O/c1-6-3-4-8(9(12)5-6)11(18)13-7(2)10-14-16-17-15-10/h3-5,7H,1-2H3,(H,13,18)(H,14,15,16,17). The van der Waals surface area contributed by atoms with E-state index in [2.05, 4.69) is 25.9 Å². The van der Waals surface area contributed by atoms with E-state index in [1.807, 2.05) is 0 Å². The Morgan fingerprint density at radius 2 is 2.28 bits per heavy atom. The molecule has 1 unspecified atom stereocenters. The van der Waals surface area contributed by atoms with Crippen LogP contribution in [0.25, 0.3) is 0 Å². The highest BCUT2D eigenvalue weighted by atomic mass is 19.1. The first-order valence-electron chi connectivity index (χ1n) is 5.38. The number of hydrogen-bond donors (Lipinski definition) is 2. The molecule has 0 spiro atoms. The quantitative estimate of drug-likeness (QED) is 0.854. The molecule has 0 aliphatic rings. The topological polar surface area (TPSA) is 83.6 Å². The minimum absolute atomic E-state index is 0.00375. The minimum Gasteiger partial charge on any atom is -0.342 e. The molecule has 7 heteroatoms. The van der Waals surface area contributed by atoms with Gasteiger partial charge in [-0.15, -0.1) is 10.2 Å². The summed E-state index contributed by atoms with van der Waals surface area (Å²) in [6, 6.07) is 3.99. The highest BCUT2D eigenvalue weighted by molar-refractivity contribution is 5.94. The number of benzene rings is 1. The van der Waals surface area contributed by atoms with Crippen LogP contribution < -0.4 is 5.32 Å². The third-order valence-electron chi connectivity index (χ3n) is 2.47. The third-order valence-corrected chi connectivity index (χ3v) is 2.47. The van der Waals surface area contributed by atoms with Crippen LogP contribution in [0, 0.1) is 12.7 Å². The summed E-state index contributed by atoms with van der Waals surface area (Å²) in [5.74, 6) is -0.714. The normalized spacial score (nSPS) is 12.2. The van der Waals surface area contributed by atoms with Crippen molar-refractivity contribution >= 4 is 5.91 Å². The molecule has 0 saturated heterocycles. The third kappa shape index (κ3) is 2.50. The number of halogens is 1.